The normalized spacial score (nSPS) is 10.7. The van der Waals surface area contributed by atoms with E-state index in [1.807, 2.05) is 13.1 Å². The molecule has 2 aromatic heterocycles. The van der Waals surface area contributed by atoms with E-state index in [9.17, 15) is 9.59 Å². The van der Waals surface area contributed by atoms with Crippen LogP contribution in [0.5, 0.6) is 0 Å². The molecule has 3 rings (SSSR count). The van der Waals surface area contributed by atoms with E-state index in [0.29, 0.717) is 66.5 Å². The monoisotopic (exact) mass is 435 g/mol. The number of pyridine rings is 1. The van der Waals surface area contributed by atoms with Crippen molar-refractivity contribution >= 4 is 28.9 Å². The molecule has 0 unspecified atom stereocenters. The Kier molecular flexibility index (Phi) is 7.85. The van der Waals surface area contributed by atoms with Crippen molar-refractivity contribution in [1.82, 2.24) is 25.2 Å². The SMILES string of the molecule is CNCCNC(=O)c1cnc2c(c1)nc(NC(=O)c1cccc(C#N)c1)n2CCCOC. The molecule has 0 spiro atoms. The summed E-state index contributed by atoms with van der Waals surface area (Å²) in [6.07, 6.45) is 2.18. The summed E-state index contributed by atoms with van der Waals surface area (Å²) < 4.78 is 6.92. The number of rotatable bonds is 10. The lowest BCUT2D eigenvalue weighted by atomic mass is 10.1. The lowest BCUT2D eigenvalue weighted by Crippen LogP contribution is -2.30. The third-order valence-electron chi connectivity index (χ3n) is 4.72. The van der Waals surface area contributed by atoms with Crippen LogP contribution in [0.25, 0.3) is 11.2 Å². The van der Waals surface area contributed by atoms with Gasteiger partial charge >= 0.3 is 0 Å². The number of carbonyl (C=O) groups excluding carboxylic acids is 2. The van der Waals surface area contributed by atoms with E-state index >= 15 is 0 Å². The Balaban J connectivity index is 1.90. The van der Waals surface area contributed by atoms with Crippen LogP contribution in [-0.4, -0.2) is 60.2 Å². The maximum Gasteiger partial charge on any atom is 0.258 e. The first-order valence-corrected chi connectivity index (χ1v) is 10.2. The Morgan fingerprint density at radius 2 is 2.03 bits per heavy atom. The highest BCUT2D eigenvalue weighted by Gasteiger charge is 2.17. The van der Waals surface area contributed by atoms with Gasteiger partial charge in [0.25, 0.3) is 11.8 Å². The van der Waals surface area contributed by atoms with E-state index in [4.69, 9.17) is 10.00 Å². The Morgan fingerprint density at radius 1 is 1.19 bits per heavy atom. The molecule has 0 aliphatic heterocycles. The number of aromatic nitrogens is 3. The summed E-state index contributed by atoms with van der Waals surface area (Å²) in [5, 5.41) is 17.6. The number of benzene rings is 1. The number of hydrogen-bond acceptors (Lipinski definition) is 7. The van der Waals surface area contributed by atoms with Gasteiger partial charge in [0.15, 0.2) is 5.65 Å². The molecule has 2 heterocycles. The predicted octanol–water partition coefficient (Wildman–Crippen LogP) is 1.54. The zero-order valence-electron chi connectivity index (χ0n) is 18.0. The number of likely N-dealkylation sites (N-methyl/N-ethyl adjacent to an activating group) is 1. The van der Waals surface area contributed by atoms with Gasteiger partial charge in [-0.25, -0.2) is 9.97 Å². The summed E-state index contributed by atoms with van der Waals surface area (Å²) >= 11 is 0. The van der Waals surface area contributed by atoms with Gasteiger partial charge in [-0.15, -0.1) is 0 Å². The Hall–Kier alpha value is -3.81. The molecular formula is C22H25N7O3. The maximum atomic E-state index is 12.8. The van der Waals surface area contributed by atoms with Crippen molar-refractivity contribution in [3.8, 4) is 6.07 Å². The molecule has 0 atom stereocenters. The Labute approximate surface area is 185 Å². The molecule has 0 saturated carbocycles. The van der Waals surface area contributed by atoms with Crippen molar-refractivity contribution < 1.29 is 14.3 Å². The zero-order chi connectivity index (χ0) is 22.9. The molecule has 0 fully saturated rings. The van der Waals surface area contributed by atoms with Crippen molar-refractivity contribution in [2.24, 2.45) is 0 Å². The quantitative estimate of drug-likeness (QED) is 0.411. The van der Waals surface area contributed by atoms with E-state index in [2.05, 4.69) is 25.9 Å². The lowest BCUT2D eigenvalue weighted by Gasteiger charge is -2.10. The van der Waals surface area contributed by atoms with Gasteiger partial charge in [0.1, 0.15) is 5.52 Å². The maximum absolute atomic E-state index is 12.8. The van der Waals surface area contributed by atoms with Crippen molar-refractivity contribution in [1.29, 1.82) is 5.26 Å². The molecule has 0 aliphatic carbocycles. The van der Waals surface area contributed by atoms with Crippen LogP contribution in [0.3, 0.4) is 0 Å². The molecule has 10 heteroatoms. The molecule has 166 valence electrons. The Morgan fingerprint density at radius 3 is 2.78 bits per heavy atom. The van der Waals surface area contributed by atoms with E-state index in [1.165, 1.54) is 12.3 Å². The fourth-order valence-corrected chi connectivity index (χ4v) is 3.12. The number of nitrogens with one attached hydrogen (secondary N) is 3. The van der Waals surface area contributed by atoms with Gasteiger partial charge in [-0.1, -0.05) is 6.07 Å². The van der Waals surface area contributed by atoms with E-state index < -0.39 is 5.91 Å². The summed E-state index contributed by atoms with van der Waals surface area (Å²) in [6.45, 7) is 2.18. The van der Waals surface area contributed by atoms with Crippen molar-refractivity contribution in [3.63, 3.8) is 0 Å². The van der Waals surface area contributed by atoms with Gasteiger partial charge in [-0.3, -0.25) is 19.5 Å². The average Bonchev–Trinajstić information content (AvgIpc) is 3.15. The second kappa shape index (κ2) is 11.0. The molecule has 1 aromatic carbocycles. The zero-order valence-corrected chi connectivity index (χ0v) is 18.0. The number of amides is 2. The topological polar surface area (TPSA) is 134 Å². The van der Waals surface area contributed by atoms with Crippen molar-refractivity contribution in [2.75, 3.05) is 39.2 Å². The fourth-order valence-electron chi connectivity index (χ4n) is 3.12. The minimum absolute atomic E-state index is 0.248. The lowest BCUT2D eigenvalue weighted by molar-refractivity contribution is 0.0953. The van der Waals surface area contributed by atoms with Crippen LogP contribution in [0.15, 0.2) is 36.5 Å². The first-order valence-electron chi connectivity index (χ1n) is 10.2. The third-order valence-corrected chi connectivity index (χ3v) is 4.72. The van der Waals surface area contributed by atoms with Gasteiger partial charge in [-0.2, -0.15) is 5.26 Å². The minimum Gasteiger partial charge on any atom is -0.385 e. The summed E-state index contributed by atoms with van der Waals surface area (Å²) in [5.74, 6) is -0.332. The molecule has 2 amide bonds. The number of ether oxygens (including phenoxy) is 1. The van der Waals surface area contributed by atoms with Gasteiger partial charge < -0.3 is 15.4 Å². The standard InChI is InChI=1S/C22H25N7O3/c1-24-7-8-25-20(30)17-12-18-19(26-14-17)29(9-4-10-32-2)22(27-18)28-21(31)16-6-3-5-15(11-16)13-23/h3,5-6,11-12,14,24H,4,7-10H2,1-2H3,(H,25,30)(H,27,28,31). The molecule has 10 nitrogen and oxygen atoms in total. The molecule has 3 N–H and O–H groups in total. The summed E-state index contributed by atoms with van der Waals surface area (Å²) in [7, 11) is 3.43. The number of aryl methyl sites for hydroxylation is 1. The fraction of sp³-hybridized carbons (Fsp3) is 0.318. The van der Waals surface area contributed by atoms with Crippen LogP contribution >= 0.6 is 0 Å². The number of hydrogen-bond donors (Lipinski definition) is 3. The smallest absolute Gasteiger partial charge is 0.258 e. The number of nitriles is 1. The molecule has 3 aromatic rings. The van der Waals surface area contributed by atoms with E-state index in [1.54, 1.807) is 35.9 Å². The van der Waals surface area contributed by atoms with Crippen LogP contribution in [0.1, 0.15) is 32.7 Å². The highest BCUT2D eigenvalue weighted by molar-refractivity contribution is 6.04. The first-order chi connectivity index (χ1) is 15.6. The van der Waals surface area contributed by atoms with Crippen LogP contribution in [-0.2, 0) is 11.3 Å². The molecule has 32 heavy (non-hydrogen) atoms. The number of nitrogens with zero attached hydrogens (tertiary/aromatic N) is 4. The number of imidazole rings is 1. The number of carbonyl (C=O) groups is 2. The van der Waals surface area contributed by atoms with E-state index in [0.717, 1.165) is 0 Å². The molecular weight excluding hydrogens is 410 g/mol. The minimum atomic E-state index is -0.393. The molecule has 0 radical (unpaired) electrons. The van der Waals surface area contributed by atoms with Crippen LogP contribution < -0.4 is 16.0 Å². The van der Waals surface area contributed by atoms with Crippen LogP contribution in [0, 0.1) is 11.3 Å². The predicted molar refractivity (Wildman–Crippen MR) is 119 cm³/mol. The highest BCUT2D eigenvalue weighted by Crippen LogP contribution is 2.20. The summed E-state index contributed by atoms with van der Waals surface area (Å²) in [5.41, 5.74) is 2.16. The molecule has 0 aliphatic rings. The third kappa shape index (κ3) is 5.46. The van der Waals surface area contributed by atoms with Crippen molar-refractivity contribution in [2.45, 2.75) is 13.0 Å². The number of fused-ring (bicyclic) bond motifs is 1. The number of methoxy groups -OCH3 is 1. The van der Waals surface area contributed by atoms with Gasteiger partial charge in [-0.05, 0) is 37.7 Å². The number of anilines is 1. The van der Waals surface area contributed by atoms with Gasteiger partial charge in [0.2, 0.25) is 5.95 Å². The molecule has 0 saturated heterocycles. The van der Waals surface area contributed by atoms with Crippen LogP contribution in [0.2, 0.25) is 0 Å². The first kappa shape index (κ1) is 22.9. The largest absolute Gasteiger partial charge is 0.385 e. The molecule has 0 bridgehead atoms. The summed E-state index contributed by atoms with van der Waals surface area (Å²) in [4.78, 5) is 34.1. The second-order valence-corrected chi connectivity index (χ2v) is 7.01. The second-order valence-electron chi connectivity index (χ2n) is 7.01. The average molecular weight is 435 g/mol. The summed E-state index contributed by atoms with van der Waals surface area (Å²) in [6, 6.07) is 10.1. The van der Waals surface area contributed by atoms with Gasteiger partial charge in [0, 0.05) is 45.1 Å². The Bertz CT molecular complexity index is 1150. The van der Waals surface area contributed by atoms with Crippen molar-refractivity contribution in [3.05, 3.63) is 53.2 Å². The highest BCUT2D eigenvalue weighted by atomic mass is 16.5. The van der Waals surface area contributed by atoms with Crippen LogP contribution in [0.4, 0.5) is 5.95 Å². The van der Waals surface area contributed by atoms with Gasteiger partial charge in [0.05, 0.1) is 17.2 Å². The van der Waals surface area contributed by atoms with E-state index in [-0.39, 0.29) is 5.91 Å².